The molecule has 0 aromatic carbocycles. The van der Waals surface area contributed by atoms with E-state index in [1.54, 1.807) is 13.0 Å². The highest BCUT2D eigenvalue weighted by Gasteiger charge is 2.10. The van der Waals surface area contributed by atoms with Gasteiger partial charge in [-0.05, 0) is 6.92 Å². The van der Waals surface area contributed by atoms with Crippen LogP contribution in [0.15, 0.2) is 6.07 Å². The van der Waals surface area contributed by atoms with Crippen LogP contribution in [0.5, 0.6) is 0 Å². The van der Waals surface area contributed by atoms with Crippen LogP contribution in [0.1, 0.15) is 16.3 Å². The lowest BCUT2D eigenvalue weighted by atomic mass is 10.4. The first-order chi connectivity index (χ1) is 7.17. The van der Waals surface area contributed by atoms with Gasteiger partial charge in [-0.25, -0.2) is 14.8 Å². The highest BCUT2D eigenvalue weighted by molar-refractivity contribution is 5.85. The Labute approximate surface area is 87.9 Å². The van der Waals surface area contributed by atoms with E-state index in [1.165, 1.54) is 7.11 Å². The lowest BCUT2D eigenvalue weighted by Gasteiger charge is -2.04. The molecule has 0 saturated heterocycles. The van der Waals surface area contributed by atoms with Crippen LogP contribution < -0.4 is 5.32 Å². The third kappa shape index (κ3) is 2.95. The molecular formula is C10H11N3O2. The molecule has 5 nitrogen and oxygen atoms in total. The smallest absolute Gasteiger partial charge is 0.376 e. The van der Waals surface area contributed by atoms with Crippen molar-refractivity contribution in [2.45, 2.75) is 6.92 Å². The molecule has 15 heavy (non-hydrogen) atoms. The summed E-state index contributed by atoms with van der Waals surface area (Å²) in [5.41, 5.74) is 0.671. The maximum Gasteiger partial charge on any atom is 0.376 e. The van der Waals surface area contributed by atoms with E-state index in [1.807, 2.05) is 0 Å². The number of aryl methyl sites for hydroxylation is 1. The zero-order valence-electron chi connectivity index (χ0n) is 8.57. The number of aromatic nitrogens is 2. The fourth-order valence-electron chi connectivity index (χ4n) is 0.983. The molecule has 0 aliphatic heterocycles. The summed E-state index contributed by atoms with van der Waals surface area (Å²) in [6.07, 6.45) is 5.09. The van der Waals surface area contributed by atoms with Crippen LogP contribution in [0.25, 0.3) is 0 Å². The van der Waals surface area contributed by atoms with E-state index < -0.39 is 5.97 Å². The van der Waals surface area contributed by atoms with Gasteiger partial charge in [0.05, 0.1) is 13.7 Å². The first-order valence-electron chi connectivity index (χ1n) is 4.28. The number of hydrogen-bond donors (Lipinski definition) is 1. The lowest BCUT2D eigenvalue weighted by molar-refractivity contribution is 0.0586. The summed E-state index contributed by atoms with van der Waals surface area (Å²) in [4.78, 5) is 19.1. The van der Waals surface area contributed by atoms with Gasteiger partial charge < -0.3 is 10.1 Å². The molecule has 5 heteroatoms. The number of rotatable bonds is 3. The van der Waals surface area contributed by atoms with Crippen molar-refractivity contribution in [3.63, 3.8) is 0 Å². The van der Waals surface area contributed by atoms with E-state index >= 15 is 0 Å². The minimum atomic E-state index is -0.567. The monoisotopic (exact) mass is 205 g/mol. The van der Waals surface area contributed by atoms with Gasteiger partial charge in [-0.15, -0.1) is 6.42 Å². The van der Waals surface area contributed by atoms with Crippen LogP contribution in [0.4, 0.5) is 5.82 Å². The minimum Gasteiger partial charge on any atom is -0.463 e. The highest BCUT2D eigenvalue weighted by atomic mass is 16.5. The van der Waals surface area contributed by atoms with E-state index in [-0.39, 0.29) is 5.82 Å². The number of esters is 1. The van der Waals surface area contributed by atoms with Crippen LogP contribution in [-0.2, 0) is 4.74 Å². The summed E-state index contributed by atoms with van der Waals surface area (Å²) < 4.78 is 4.52. The maximum atomic E-state index is 11.2. The molecule has 1 aromatic rings. The van der Waals surface area contributed by atoms with Gasteiger partial charge in [0.1, 0.15) is 5.82 Å². The van der Waals surface area contributed by atoms with Crippen molar-refractivity contribution in [1.82, 2.24) is 9.97 Å². The van der Waals surface area contributed by atoms with E-state index in [9.17, 15) is 4.79 Å². The second-order valence-corrected chi connectivity index (χ2v) is 2.77. The first-order valence-corrected chi connectivity index (χ1v) is 4.28. The Morgan fingerprint density at radius 3 is 3.00 bits per heavy atom. The average Bonchev–Trinajstić information content (AvgIpc) is 2.24. The van der Waals surface area contributed by atoms with Crippen molar-refractivity contribution in [1.29, 1.82) is 0 Å². The van der Waals surface area contributed by atoms with E-state index in [2.05, 4.69) is 25.9 Å². The van der Waals surface area contributed by atoms with Crippen molar-refractivity contribution in [2.75, 3.05) is 19.0 Å². The van der Waals surface area contributed by atoms with Crippen LogP contribution in [0.3, 0.4) is 0 Å². The second-order valence-electron chi connectivity index (χ2n) is 2.77. The van der Waals surface area contributed by atoms with Crippen LogP contribution >= 0.6 is 0 Å². The molecule has 0 aliphatic carbocycles. The molecule has 1 rings (SSSR count). The number of carbonyl (C=O) groups excluding carboxylic acids is 1. The number of terminal acetylenes is 1. The molecule has 0 spiro atoms. The Kier molecular flexibility index (Phi) is 3.63. The first kappa shape index (κ1) is 11.0. The molecular weight excluding hydrogens is 194 g/mol. The SMILES string of the molecule is C#CCNc1cc(C)nc(C(=O)OC)n1. The van der Waals surface area contributed by atoms with Gasteiger partial charge in [0.15, 0.2) is 0 Å². The molecule has 1 heterocycles. The number of methoxy groups -OCH3 is 1. The van der Waals surface area contributed by atoms with Crippen LogP contribution in [0, 0.1) is 19.3 Å². The highest BCUT2D eigenvalue weighted by Crippen LogP contribution is 2.06. The fourth-order valence-corrected chi connectivity index (χ4v) is 0.983. The van der Waals surface area contributed by atoms with Crippen LogP contribution in [-0.4, -0.2) is 29.6 Å². The zero-order valence-corrected chi connectivity index (χ0v) is 8.57. The number of hydrogen-bond acceptors (Lipinski definition) is 5. The standard InChI is InChI=1S/C10H11N3O2/c1-4-5-11-8-6-7(2)12-9(13-8)10(14)15-3/h1,6H,5H2,2-3H3,(H,11,12,13). The van der Waals surface area contributed by atoms with Gasteiger partial charge in [-0.2, -0.15) is 0 Å². The summed E-state index contributed by atoms with van der Waals surface area (Å²) in [6, 6.07) is 1.70. The van der Waals surface area contributed by atoms with Gasteiger partial charge in [-0.3, -0.25) is 0 Å². The molecule has 0 atom stereocenters. The predicted molar refractivity (Wildman–Crippen MR) is 55.4 cm³/mol. The molecule has 78 valence electrons. The molecule has 0 aliphatic rings. The number of anilines is 1. The van der Waals surface area contributed by atoms with Gasteiger partial charge in [0.2, 0.25) is 5.82 Å². The number of ether oxygens (including phenoxy) is 1. The topological polar surface area (TPSA) is 64.1 Å². The summed E-state index contributed by atoms with van der Waals surface area (Å²) in [7, 11) is 1.28. The van der Waals surface area contributed by atoms with Crippen molar-refractivity contribution in [3.05, 3.63) is 17.6 Å². The van der Waals surface area contributed by atoms with E-state index in [0.29, 0.717) is 18.1 Å². The number of nitrogens with zero attached hydrogens (tertiary/aromatic N) is 2. The van der Waals surface area contributed by atoms with Crippen LogP contribution in [0.2, 0.25) is 0 Å². The lowest BCUT2D eigenvalue weighted by Crippen LogP contribution is -2.11. The Morgan fingerprint density at radius 2 is 2.40 bits per heavy atom. The quantitative estimate of drug-likeness (QED) is 0.578. The van der Waals surface area contributed by atoms with E-state index in [4.69, 9.17) is 6.42 Å². The summed E-state index contributed by atoms with van der Waals surface area (Å²) in [5.74, 6) is 2.38. The molecule has 1 N–H and O–H groups in total. The average molecular weight is 205 g/mol. The fraction of sp³-hybridized carbons (Fsp3) is 0.300. The normalized spacial score (nSPS) is 9.13. The third-order valence-corrected chi connectivity index (χ3v) is 1.59. The number of nitrogens with one attached hydrogen (secondary N) is 1. The maximum absolute atomic E-state index is 11.2. The Morgan fingerprint density at radius 1 is 1.67 bits per heavy atom. The van der Waals surface area contributed by atoms with Gasteiger partial charge in [-0.1, -0.05) is 5.92 Å². The molecule has 0 saturated carbocycles. The largest absolute Gasteiger partial charge is 0.463 e. The molecule has 0 unspecified atom stereocenters. The third-order valence-electron chi connectivity index (χ3n) is 1.59. The minimum absolute atomic E-state index is 0.0250. The predicted octanol–water partition coefficient (Wildman–Crippen LogP) is 0.617. The number of carbonyl (C=O) groups is 1. The Hall–Kier alpha value is -2.09. The Bertz CT molecular complexity index is 410. The summed E-state index contributed by atoms with van der Waals surface area (Å²) in [5, 5.41) is 2.86. The van der Waals surface area contributed by atoms with Gasteiger partial charge in [0, 0.05) is 11.8 Å². The van der Waals surface area contributed by atoms with Crippen molar-refractivity contribution in [2.24, 2.45) is 0 Å². The second kappa shape index (κ2) is 4.96. The molecule has 0 amide bonds. The Balaban J connectivity index is 2.95. The van der Waals surface area contributed by atoms with Crippen molar-refractivity contribution < 1.29 is 9.53 Å². The van der Waals surface area contributed by atoms with E-state index in [0.717, 1.165) is 0 Å². The van der Waals surface area contributed by atoms with Gasteiger partial charge in [0.25, 0.3) is 0 Å². The van der Waals surface area contributed by atoms with Crippen molar-refractivity contribution >= 4 is 11.8 Å². The summed E-state index contributed by atoms with van der Waals surface area (Å²) >= 11 is 0. The molecule has 0 bridgehead atoms. The molecule has 1 aromatic heterocycles. The summed E-state index contributed by atoms with van der Waals surface area (Å²) in [6.45, 7) is 2.10. The zero-order chi connectivity index (χ0) is 11.3. The van der Waals surface area contributed by atoms with Crippen molar-refractivity contribution in [3.8, 4) is 12.3 Å². The molecule has 0 radical (unpaired) electrons. The molecule has 0 fully saturated rings. The van der Waals surface area contributed by atoms with Gasteiger partial charge >= 0.3 is 5.97 Å².